The molecular formula is C11H16N4O2S. The number of nitrogens with two attached hydrogens (primary N) is 1. The van der Waals surface area contributed by atoms with E-state index in [-0.39, 0.29) is 6.04 Å². The maximum Gasteiger partial charge on any atom is 0.269 e. The van der Waals surface area contributed by atoms with Crippen molar-refractivity contribution in [2.24, 2.45) is 5.73 Å². The van der Waals surface area contributed by atoms with Crippen LogP contribution in [0.3, 0.4) is 0 Å². The maximum atomic E-state index is 5.91. The van der Waals surface area contributed by atoms with Crippen LogP contribution in [-0.2, 0) is 4.74 Å². The highest BCUT2D eigenvalue weighted by Gasteiger charge is 2.16. The normalized spacial score (nSPS) is 12.8. The molecule has 0 spiro atoms. The molecule has 0 radical (unpaired) electrons. The molecule has 6 nitrogen and oxygen atoms in total. The SMILES string of the molecule is CCCOCC(N)c1noc(-c2cnc(C)s2)n1. The van der Waals surface area contributed by atoms with E-state index in [9.17, 15) is 0 Å². The molecule has 0 aliphatic rings. The van der Waals surface area contributed by atoms with Gasteiger partial charge < -0.3 is 15.0 Å². The van der Waals surface area contributed by atoms with Gasteiger partial charge in [-0.25, -0.2) is 4.98 Å². The van der Waals surface area contributed by atoms with E-state index >= 15 is 0 Å². The van der Waals surface area contributed by atoms with Gasteiger partial charge in [0.15, 0.2) is 5.82 Å². The Morgan fingerprint density at radius 1 is 1.56 bits per heavy atom. The summed E-state index contributed by atoms with van der Waals surface area (Å²) >= 11 is 1.51. The summed E-state index contributed by atoms with van der Waals surface area (Å²) < 4.78 is 10.5. The molecule has 2 rings (SSSR count). The first kappa shape index (κ1) is 13.1. The van der Waals surface area contributed by atoms with E-state index in [1.54, 1.807) is 6.20 Å². The van der Waals surface area contributed by atoms with E-state index < -0.39 is 0 Å². The van der Waals surface area contributed by atoms with Crippen molar-refractivity contribution in [2.45, 2.75) is 26.3 Å². The van der Waals surface area contributed by atoms with Crippen LogP contribution in [0.1, 0.15) is 30.2 Å². The van der Waals surface area contributed by atoms with Gasteiger partial charge in [-0.05, 0) is 13.3 Å². The quantitative estimate of drug-likeness (QED) is 0.805. The second kappa shape index (κ2) is 6.03. The number of hydrogen-bond donors (Lipinski definition) is 1. The van der Waals surface area contributed by atoms with E-state index in [2.05, 4.69) is 15.1 Å². The molecule has 0 fully saturated rings. The fraction of sp³-hybridized carbons (Fsp3) is 0.545. The minimum absolute atomic E-state index is 0.358. The molecule has 0 aliphatic heterocycles. The van der Waals surface area contributed by atoms with Gasteiger partial charge in [0.05, 0.1) is 23.9 Å². The van der Waals surface area contributed by atoms with Gasteiger partial charge in [-0.2, -0.15) is 4.98 Å². The molecule has 0 saturated carbocycles. The topological polar surface area (TPSA) is 87.1 Å². The van der Waals surface area contributed by atoms with Crippen molar-refractivity contribution in [3.8, 4) is 10.8 Å². The molecule has 0 saturated heterocycles. The number of ether oxygens (including phenoxy) is 1. The van der Waals surface area contributed by atoms with Crippen LogP contribution in [-0.4, -0.2) is 28.3 Å². The number of hydrogen-bond acceptors (Lipinski definition) is 7. The number of nitrogens with zero attached hydrogens (tertiary/aromatic N) is 3. The molecule has 7 heteroatoms. The van der Waals surface area contributed by atoms with Crippen molar-refractivity contribution in [1.82, 2.24) is 15.1 Å². The van der Waals surface area contributed by atoms with E-state index in [1.807, 2.05) is 13.8 Å². The van der Waals surface area contributed by atoms with Gasteiger partial charge >= 0.3 is 0 Å². The second-order valence-electron chi connectivity index (χ2n) is 3.88. The van der Waals surface area contributed by atoms with Crippen LogP contribution in [0.4, 0.5) is 0 Å². The fourth-order valence-electron chi connectivity index (χ4n) is 1.37. The Balaban J connectivity index is 2.01. The first-order valence-electron chi connectivity index (χ1n) is 5.80. The largest absolute Gasteiger partial charge is 0.379 e. The standard InChI is InChI=1S/C11H16N4O2S/c1-3-4-16-6-8(12)10-14-11(17-15-10)9-5-13-7(2)18-9/h5,8H,3-4,6,12H2,1-2H3. The monoisotopic (exact) mass is 268 g/mol. The van der Waals surface area contributed by atoms with Crippen LogP contribution in [0.5, 0.6) is 0 Å². The van der Waals surface area contributed by atoms with E-state index in [1.165, 1.54) is 11.3 Å². The summed E-state index contributed by atoms with van der Waals surface area (Å²) in [5, 5.41) is 4.83. The molecule has 1 atom stereocenters. The van der Waals surface area contributed by atoms with Crippen molar-refractivity contribution < 1.29 is 9.26 Å². The van der Waals surface area contributed by atoms with Gasteiger partial charge in [0.25, 0.3) is 5.89 Å². The van der Waals surface area contributed by atoms with Crippen LogP contribution in [0.15, 0.2) is 10.7 Å². The predicted molar refractivity (Wildman–Crippen MR) is 68.2 cm³/mol. The summed E-state index contributed by atoms with van der Waals surface area (Å²) in [5.74, 6) is 0.925. The Labute approximate surface area is 109 Å². The van der Waals surface area contributed by atoms with Crippen LogP contribution in [0.2, 0.25) is 0 Å². The van der Waals surface area contributed by atoms with E-state index in [4.69, 9.17) is 15.0 Å². The van der Waals surface area contributed by atoms with Gasteiger partial charge in [0.2, 0.25) is 0 Å². The molecule has 2 aromatic rings. The first-order chi connectivity index (χ1) is 8.70. The fourth-order valence-corrected chi connectivity index (χ4v) is 2.07. The summed E-state index contributed by atoms with van der Waals surface area (Å²) in [7, 11) is 0. The minimum Gasteiger partial charge on any atom is -0.379 e. The molecule has 0 amide bonds. The summed E-state index contributed by atoms with van der Waals surface area (Å²) in [6.45, 7) is 5.06. The molecule has 2 N–H and O–H groups in total. The van der Waals surface area contributed by atoms with Gasteiger partial charge in [-0.3, -0.25) is 0 Å². The van der Waals surface area contributed by atoms with Crippen molar-refractivity contribution in [3.63, 3.8) is 0 Å². The van der Waals surface area contributed by atoms with Crippen molar-refractivity contribution in [3.05, 3.63) is 17.0 Å². The van der Waals surface area contributed by atoms with Gasteiger partial charge in [0, 0.05) is 6.61 Å². The third-order valence-electron chi connectivity index (χ3n) is 2.25. The lowest BCUT2D eigenvalue weighted by molar-refractivity contribution is 0.119. The van der Waals surface area contributed by atoms with Crippen molar-refractivity contribution >= 4 is 11.3 Å². The smallest absolute Gasteiger partial charge is 0.269 e. The zero-order chi connectivity index (χ0) is 13.0. The van der Waals surface area contributed by atoms with E-state index in [0.29, 0.717) is 24.9 Å². The average molecular weight is 268 g/mol. The number of aryl methyl sites for hydroxylation is 1. The maximum absolute atomic E-state index is 5.91. The molecule has 18 heavy (non-hydrogen) atoms. The lowest BCUT2D eigenvalue weighted by Crippen LogP contribution is -2.18. The molecule has 0 bridgehead atoms. The Bertz CT molecular complexity index is 497. The van der Waals surface area contributed by atoms with Crippen molar-refractivity contribution in [1.29, 1.82) is 0 Å². The Kier molecular flexibility index (Phi) is 4.40. The number of aromatic nitrogens is 3. The third-order valence-corrected chi connectivity index (χ3v) is 3.15. The van der Waals surface area contributed by atoms with Crippen LogP contribution >= 0.6 is 11.3 Å². The molecule has 0 aliphatic carbocycles. The highest BCUT2D eigenvalue weighted by atomic mass is 32.1. The van der Waals surface area contributed by atoms with Crippen LogP contribution < -0.4 is 5.73 Å². The second-order valence-corrected chi connectivity index (χ2v) is 5.12. The highest BCUT2D eigenvalue weighted by molar-refractivity contribution is 7.14. The van der Waals surface area contributed by atoms with Crippen LogP contribution in [0.25, 0.3) is 10.8 Å². The highest BCUT2D eigenvalue weighted by Crippen LogP contribution is 2.24. The zero-order valence-electron chi connectivity index (χ0n) is 10.4. The Morgan fingerprint density at radius 2 is 2.39 bits per heavy atom. The molecule has 1 unspecified atom stereocenters. The summed E-state index contributed by atoms with van der Waals surface area (Å²) in [5.41, 5.74) is 5.91. The summed E-state index contributed by atoms with van der Waals surface area (Å²) in [6.07, 6.45) is 2.68. The number of rotatable bonds is 6. The third kappa shape index (κ3) is 3.12. The Hall–Kier alpha value is -1.31. The average Bonchev–Trinajstić information content (AvgIpc) is 2.97. The molecule has 2 heterocycles. The van der Waals surface area contributed by atoms with Gasteiger partial charge in [0.1, 0.15) is 4.88 Å². The summed E-state index contributed by atoms with van der Waals surface area (Å²) in [6, 6.07) is -0.358. The summed E-state index contributed by atoms with van der Waals surface area (Å²) in [4.78, 5) is 9.26. The molecular weight excluding hydrogens is 252 g/mol. The molecule has 98 valence electrons. The lowest BCUT2D eigenvalue weighted by Gasteiger charge is -2.06. The minimum atomic E-state index is -0.358. The van der Waals surface area contributed by atoms with Crippen LogP contribution in [0, 0.1) is 6.92 Å². The first-order valence-corrected chi connectivity index (χ1v) is 6.62. The van der Waals surface area contributed by atoms with Crippen molar-refractivity contribution in [2.75, 3.05) is 13.2 Å². The molecule has 2 aromatic heterocycles. The zero-order valence-corrected chi connectivity index (χ0v) is 11.2. The van der Waals surface area contributed by atoms with Gasteiger partial charge in [-0.1, -0.05) is 12.1 Å². The molecule has 0 aromatic carbocycles. The lowest BCUT2D eigenvalue weighted by atomic mass is 10.3. The predicted octanol–water partition coefficient (Wildman–Crippen LogP) is 1.93. The Morgan fingerprint density at radius 3 is 3.06 bits per heavy atom. The van der Waals surface area contributed by atoms with Gasteiger partial charge in [-0.15, -0.1) is 11.3 Å². The number of thiazole rings is 1. The van der Waals surface area contributed by atoms with E-state index in [0.717, 1.165) is 16.3 Å².